The first kappa shape index (κ1) is 11.1. The summed E-state index contributed by atoms with van der Waals surface area (Å²) in [6.07, 6.45) is 5.39. The van der Waals surface area contributed by atoms with Gasteiger partial charge in [-0.15, -0.1) is 0 Å². The summed E-state index contributed by atoms with van der Waals surface area (Å²) >= 11 is 5.84. The second-order valence-electron chi connectivity index (χ2n) is 3.91. The van der Waals surface area contributed by atoms with Gasteiger partial charge in [0.2, 0.25) is 5.91 Å². The lowest BCUT2D eigenvalue weighted by Crippen LogP contribution is -2.30. The lowest BCUT2D eigenvalue weighted by Gasteiger charge is -2.14. The Morgan fingerprint density at radius 3 is 3.06 bits per heavy atom. The molecule has 1 amide bonds. The fourth-order valence-electron chi connectivity index (χ4n) is 1.71. The minimum atomic E-state index is 0.0267. The van der Waals surface area contributed by atoms with Crippen molar-refractivity contribution in [1.29, 1.82) is 0 Å². The van der Waals surface area contributed by atoms with E-state index in [0.29, 0.717) is 5.15 Å². The van der Waals surface area contributed by atoms with Crippen molar-refractivity contribution in [3.8, 4) is 0 Å². The molecule has 0 saturated carbocycles. The van der Waals surface area contributed by atoms with E-state index in [1.54, 1.807) is 6.20 Å². The van der Waals surface area contributed by atoms with Gasteiger partial charge in [-0.25, -0.2) is 4.98 Å². The number of carbonyl (C=O) groups excluding carboxylic acids is 1. The largest absolute Gasteiger partial charge is 0.352 e. The fraction of sp³-hybridized carbons (Fsp3) is 0.333. The number of nitrogens with zero attached hydrogens (tertiary/aromatic N) is 1. The maximum absolute atomic E-state index is 11.5. The zero-order valence-corrected chi connectivity index (χ0v) is 9.84. The third kappa shape index (κ3) is 2.42. The quantitative estimate of drug-likeness (QED) is 0.601. The zero-order chi connectivity index (χ0) is 11.5. The molecule has 2 heterocycles. The highest BCUT2D eigenvalue weighted by Gasteiger charge is 2.13. The van der Waals surface area contributed by atoms with Crippen molar-refractivity contribution >= 4 is 23.6 Å². The first-order valence-corrected chi connectivity index (χ1v) is 5.65. The maximum atomic E-state index is 11.5. The van der Waals surface area contributed by atoms with Gasteiger partial charge in [-0.3, -0.25) is 4.79 Å². The molecule has 4 heteroatoms. The van der Waals surface area contributed by atoms with Gasteiger partial charge in [-0.1, -0.05) is 11.6 Å². The molecule has 1 aliphatic heterocycles. The van der Waals surface area contributed by atoms with E-state index < -0.39 is 0 Å². The Morgan fingerprint density at radius 2 is 2.38 bits per heavy atom. The van der Waals surface area contributed by atoms with E-state index in [4.69, 9.17) is 11.6 Å². The molecule has 0 atom stereocenters. The van der Waals surface area contributed by atoms with Crippen molar-refractivity contribution in [3.63, 3.8) is 0 Å². The number of hydrogen-bond acceptors (Lipinski definition) is 2. The molecule has 0 unspecified atom stereocenters. The number of hydrogen-bond donors (Lipinski definition) is 1. The van der Waals surface area contributed by atoms with Crippen LogP contribution in [0.4, 0.5) is 0 Å². The fourth-order valence-corrected chi connectivity index (χ4v) is 1.81. The molecule has 1 aromatic heterocycles. The molecule has 1 aromatic rings. The Hall–Kier alpha value is -1.35. The van der Waals surface area contributed by atoms with Gasteiger partial charge in [0.1, 0.15) is 5.15 Å². The lowest BCUT2D eigenvalue weighted by molar-refractivity contribution is -0.118. The van der Waals surface area contributed by atoms with E-state index in [9.17, 15) is 4.79 Å². The number of aryl methyl sites for hydroxylation is 1. The third-order valence-corrected chi connectivity index (χ3v) is 2.97. The predicted octanol–water partition coefficient (Wildman–Crippen LogP) is 2.34. The average Bonchev–Trinajstić information content (AvgIpc) is 2.27. The summed E-state index contributed by atoms with van der Waals surface area (Å²) in [5.41, 5.74) is 2.66. The number of aromatic nitrogens is 1. The van der Waals surface area contributed by atoms with Crippen LogP contribution in [0.25, 0.3) is 6.08 Å². The third-order valence-electron chi connectivity index (χ3n) is 2.58. The summed E-state index contributed by atoms with van der Waals surface area (Å²) in [4.78, 5) is 15.6. The first-order chi connectivity index (χ1) is 7.66. The van der Waals surface area contributed by atoms with Gasteiger partial charge in [0.25, 0.3) is 0 Å². The summed E-state index contributed by atoms with van der Waals surface area (Å²) in [7, 11) is 0. The molecule has 0 bridgehead atoms. The maximum Gasteiger partial charge on any atom is 0.247 e. The Bertz CT molecular complexity index is 454. The smallest absolute Gasteiger partial charge is 0.247 e. The normalized spacial score (nSPS) is 18.6. The first-order valence-electron chi connectivity index (χ1n) is 5.28. The monoisotopic (exact) mass is 236 g/mol. The summed E-state index contributed by atoms with van der Waals surface area (Å²) in [6.45, 7) is 2.67. The summed E-state index contributed by atoms with van der Waals surface area (Å²) in [5, 5.41) is 3.33. The molecule has 0 aliphatic carbocycles. The van der Waals surface area contributed by atoms with E-state index >= 15 is 0 Å². The van der Waals surface area contributed by atoms with Crippen LogP contribution < -0.4 is 5.32 Å². The second-order valence-corrected chi connectivity index (χ2v) is 4.26. The molecule has 0 radical (unpaired) electrons. The number of piperidine rings is 1. The minimum absolute atomic E-state index is 0.0267. The second kappa shape index (κ2) is 4.66. The van der Waals surface area contributed by atoms with E-state index in [0.717, 1.165) is 36.1 Å². The minimum Gasteiger partial charge on any atom is -0.352 e. The molecular weight excluding hydrogens is 224 g/mol. The van der Waals surface area contributed by atoms with Crippen LogP contribution in [0.3, 0.4) is 0 Å². The van der Waals surface area contributed by atoms with Crippen LogP contribution in [0.5, 0.6) is 0 Å². The predicted molar refractivity (Wildman–Crippen MR) is 64.2 cm³/mol. The number of pyridine rings is 1. The molecule has 1 fully saturated rings. The van der Waals surface area contributed by atoms with Gasteiger partial charge in [-0.2, -0.15) is 0 Å². The van der Waals surface area contributed by atoms with Crippen LogP contribution in [-0.2, 0) is 4.79 Å². The Labute approximate surface area is 99.5 Å². The number of amides is 1. The van der Waals surface area contributed by atoms with Crippen LogP contribution in [0.1, 0.15) is 24.0 Å². The van der Waals surface area contributed by atoms with Crippen molar-refractivity contribution in [2.24, 2.45) is 0 Å². The molecule has 1 N–H and O–H groups in total. The Balaban J connectivity index is 2.27. The highest BCUT2D eigenvalue weighted by molar-refractivity contribution is 6.30. The van der Waals surface area contributed by atoms with Crippen molar-refractivity contribution in [1.82, 2.24) is 10.3 Å². The number of halogens is 1. The van der Waals surface area contributed by atoms with E-state index in [-0.39, 0.29) is 5.91 Å². The van der Waals surface area contributed by atoms with Crippen molar-refractivity contribution in [2.75, 3.05) is 6.54 Å². The molecule has 0 aromatic carbocycles. The molecular formula is C12H13ClN2O. The van der Waals surface area contributed by atoms with Crippen LogP contribution >= 0.6 is 11.6 Å². The summed E-state index contributed by atoms with van der Waals surface area (Å²) in [5.74, 6) is 0.0267. The summed E-state index contributed by atoms with van der Waals surface area (Å²) in [6, 6.07) is 1.93. The molecule has 2 rings (SSSR count). The molecule has 1 aliphatic rings. The standard InChI is InChI=1S/C12H13ClN2O/c1-8-5-9(7-15-11(8)13)6-10-3-2-4-14-12(10)16/h5-7H,2-4H2,1H3,(H,14,16). The molecule has 0 spiro atoms. The van der Waals surface area contributed by atoms with Crippen LogP contribution in [-0.4, -0.2) is 17.4 Å². The number of rotatable bonds is 1. The van der Waals surface area contributed by atoms with Gasteiger partial charge in [0.15, 0.2) is 0 Å². The van der Waals surface area contributed by atoms with Crippen molar-refractivity contribution < 1.29 is 4.79 Å². The van der Waals surface area contributed by atoms with Crippen LogP contribution in [0, 0.1) is 6.92 Å². The molecule has 84 valence electrons. The van der Waals surface area contributed by atoms with Crippen molar-refractivity contribution in [2.45, 2.75) is 19.8 Å². The Morgan fingerprint density at radius 1 is 1.56 bits per heavy atom. The van der Waals surface area contributed by atoms with Gasteiger partial charge in [-0.05, 0) is 43.0 Å². The van der Waals surface area contributed by atoms with E-state index in [1.807, 2.05) is 19.1 Å². The van der Waals surface area contributed by atoms with Crippen LogP contribution in [0.15, 0.2) is 17.8 Å². The SMILES string of the molecule is Cc1cc(C=C2CCCNC2=O)cnc1Cl. The topological polar surface area (TPSA) is 42.0 Å². The van der Waals surface area contributed by atoms with Gasteiger partial charge in [0.05, 0.1) is 0 Å². The summed E-state index contributed by atoms with van der Waals surface area (Å²) < 4.78 is 0. The van der Waals surface area contributed by atoms with Gasteiger partial charge < -0.3 is 5.32 Å². The average molecular weight is 237 g/mol. The highest BCUT2D eigenvalue weighted by atomic mass is 35.5. The molecule has 1 saturated heterocycles. The zero-order valence-electron chi connectivity index (χ0n) is 9.09. The number of carbonyl (C=O) groups is 1. The van der Waals surface area contributed by atoms with Crippen molar-refractivity contribution in [3.05, 3.63) is 34.1 Å². The number of nitrogens with one attached hydrogen (secondary N) is 1. The highest BCUT2D eigenvalue weighted by Crippen LogP contribution is 2.18. The van der Waals surface area contributed by atoms with Crippen LogP contribution in [0.2, 0.25) is 5.15 Å². The van der Waals surface area contributed by atoms with E-state index in [2.05, 4.69) is 10.3 Å². The molecule has 3 nitrogen and oxygen atoms in total. The van der Waals surface area contributed by atoms with E-state index in [1.165, 1.54) is 0 Å². The van der Waals surface area contributed by atoms with Gasteiger partial charge in [0, 0.05) is 18.3 Å². The van der Waals surface area contributed by atoms with Gasteiger partial charge >= 0.3 is 0 Å². The Kier molecular flexibility index (Phi) is 3.25. The lowest BCUT2D eigenvalue weighted by atomic mass is 10.0. The molecule has 16 heavy (non-hydrogen) atoms.